The Hall–Kier alpha value is -1.24. The first-order valence-corrected chi connectivity index (χ1v) is 6.60. The Balaban J connectivity index is 2.08. The molecule has 0 spiro atoms. The van der Waals surface area contributed by atoms with Gasteiger partial charge in [0.25, 0.3) is 0 Å². The number of hydrogen-bond donors (Lipinski definition) is 1. The predicted octanol–water partition coefficient (Wildman–Crippen LogP) is 2.98. The van der Waals surface area contributed by atoms with Crippen LogP contribution in [0.2, 0.25) is 0 Å². The van der Waals surface area contributed by atoms with Gasteiger partial charge in [0.05, 0.1) is 24.9 Å². The lowest BCUT2D eigenvalue weighted by molar-refractivity contribution is 0.198. The van der Waals surface area contributed by atoms with E-state index in [1.807, 2.05) is 0 Å². The van der Waals surface area contributed by atoms with Gasteiger partial charge in [0.15, 0.2) is 5.76 Å². The third-order valence-corrected chi connectivity index (χ3v) is 3.18. The van der Waals surface area contributed by atoms with Crippen LogP contribution in [0.1, 0.15) is 5.89 Å². The summed E-state index contributed by atoms with van der Waals surface area (Å²) in [5, 5.41) is 3.11. The van der Waals surface area contributed by atoms with Gasteiger partial charge in [-0.15, -0.1) is 0 Å². The molecule has 0 radical (unpaired) electrons. The van der Waals surface area contributed by atoms with Crippen molar-refractivity contribution in [1.82, 2.24) is 10.3 Å². The van der Waals surface area contributed by atoms with E-state index in [0.29, 0.717) is 41.4 Å². The maximum absolute atomic E-state index is 13.7. The molecule has 19 heavy (non-hydrogen) atoms. The molecule has 1 aromatic carbocycles. The van der Waals surface area contributed by atoms with Crippen molar-refractivity contribution < 1.29 is 13.5 Å². The number of benzene rings is 1. The number of methoxy groups -OCH3 is 1. The summed E-state index contributed by atoms with van der Waals surface area (Å²) in [4.78, 5) is 4.11. The van der Waals surface area contributed by atoms with Crippen LogP contribution in [0, 0.1) is 5.82 Å². The first-order valence-electron chi connectivity index (χ1n) is 5.81. The molecule has 0 saturated heterocycles. The molecule has 0 unspecified atom stereocenters. The third kappa shape index (κ3) is 3.62. The summed E-state index contributed by atoms with van der Waals surface area (Å²) < 4.78 is 24.8. The molecule has 0 aliphatic rings. The van der Waals surface area contributed by atoms with Crippen molar-refractivity contribution in [3.05, 3.63) is 40.6 Å². The summed E-state index contributed by atoms with van der Waals surface area (Å²) in [6.45, 7) is 1.81. The third-order valence-electron chi connectivity index (χ3n) is 2.52. The first-order chi connectivity index (χ1) is 9.22. The SMILES string of the molecule is COCCNCc1ncc(-c2c(F)cccc2Br)o1. The van der Waals surface area contributed by atoms with Crippen molar-refractivity contribution in [3.63, 3.8) is 0 Å². The zero-order chi connectivity index (χ0) is 13.7. The van der Waals surface area contributed by atoms with Crippen LogP contribution in [-0.2, 0) is 11.3 Å². The van der Waals surface area contributed by atoms with E-state index in [0.717, 1.165) is 0 Å². The maximum atomic E-state index is 13.7. The molecule has 0 bridgehead atoms. The first kappa shape index (κ1) is 14.2. The average molecular weight is 329 g/mol. The number of hydrogen-bond acceptors (Lipinski definition) is 4. The lowest BCUT2D eigenvalue weighted by atomic mass is 10.2. The minimum Gasteiger partial charge on any atom is -0.439 e. The van der Waals surface area contributed by atoms with Crippen LogP contribution in [0.4, 0.5) is 4.39 Å². The van der Waals surface area contributed by atoms with Gasteiger partial charge in [-0.1, -0.05) is 6.07 Å². The number of oxazole rings is 1. The summed E-state index contributed by atoms with van der Waals surface area (Å²) in [7, 11) is 1.64. The highest BCUT2D eigenvalue weighted by Gasteiger charge is 2.14. The second-order valence-corrected chi connectivity index (χ2v) is 4.74. The van der Waals surface area contributed by atoms with Gasteiger partial charge in [-0.05, 0) is 28.1 Å². The average Bonchev–Trinajstić information content (AvgIpc) is 2.83. The van der Waals surface area contributed by atoms with E-state index in [-0.39, 0.29) is 5.82 Å². The molecular weight excluding hydrogens is 315 g/mol. The van der Waals surface area contributed by atoms with Crippen LogP contribution >= 0.6 is 15.9 Å². The fourth-order valence-electron chi connectivity index (χ4n) is 1.61. The molecule has 0 amide bonds. The molecule has 1 aromatic heterocycles. The minimum atomic E-state index is -0.343. The van der Waals surface area contributed by atoms with Gasteiger partial charge in [-0.3, -0.25) is 0 Å². The molecule has 1 heterocycles. The van der Waals surface area contributed by atoms with Crippen LogP contribution in [-0.4, -0.2) is 25.2 Å². The molecule has 1 N–H and O–H groups in total. The second-order valence-electron chi connectivity index (χ2n) is 3.88. The quantitative estimate of drug-likeness (QED) is 0.828. The van der Waals surface area contributed by atoms with E-state index >= 15 is 0 Å². The van der Waals surface area contributed by atoms with E-state index in [2.05, 4.69) is 26.2 Å². The summed E-state index contributed by atoms with van der Waals surface area (Å²) in [5.41, 5.74) is 0.387. The van der Waals surface area contributed by atoms with E-state index in [1.165, 1.54) is 12.3 Å². The number of ether oxygens (including phenoxy) is 1. The van der Waals surface area contributed by atoms with Crippen molar-refractivity contribution in [2.75, 3.05) is 20.3 Å². The number of aromatic nitrogens is 1. The zero-order valence-electron chi connectivity index (χ0n) is 10.5. The number of rotatable bonds is 6. The molecule has 4 nitrogen and oxygen atoms in total. The second kappa shape index (κ2) is 6.79. The number of nitrogens with zero attached hydrogens (tertiary/aromatic N) is 1. The van der Waals surface area contributed by atoms with Gasteiger partial charge in [0, 0.05) is 18.1 Å². The highest BCUT2D eigenvalue weighted by Crippen LogP contribution is 2.31. The van der Waals surface area contributed by atoms with Crippen molar-refractivity contribution in [2.24, 2.45) is 0 Å². The van der Waals surface area contributed by atoms with Crippen LogP contribution in [0.15, 0.2) is 33.3 Å². The monoisotopic (exact) mass is 328 g/mol. The highest BCUT2D eigenvalue weighted by atomic mass is 79.9. The summed E-state index contributed by atoms with van der Waals surface area (Å²) in [6.07, 6.45) is 1.52. The lowest BCUT2D eigenvalue weighted by Gasteiger charge is -2.02. The Morgan fingerprint density at radius 1 is 1.47 bits per heavy atom. The van der Waals surface area contributed by atoms with Crippen molar-refractivity contribution in [3.8, 4) is 11.3 Å². The molecule has 6 heteroatoms. The fourth-order valence-corrected chi connectivity index (χ4v) is 2.15. The topological polar surface area (TPSA) is 47.3 Å². The number of nitrogens with one attached hydrogen (secondary N) is 1. The molecule has 0 aliphatic heterocycles. The Kier molecular flexibility index (Phi) is 5.07. The molecule has 0 saturated carbocycles. The Labute approximate surface area is 119 Å². The largest absolute Gasteiger partial charge is 0.439 e. The molecule has 0 fully saturated rings. The molecule has 0 aliphatic carbocycles. The van der Waals surface area contributed by atoms with Gasteiger partial charge >= 0.3 is 0 Å². The molecule has 2 rings (SSSR count). The van der Waals surface area contributed by atoms with E-state index < -0.39 is 0 Å². The van der Waals surface area contributed by atoms with Gasteiger partial charge in [0.1, 0.15) is 5.82 Å². The minimum absolute atomic E-state index is 0.343. The van der Waals surface area contributed by atoms with Crippen LogP contribution < -0.4 is 5.32 Å². The summed E-state index contributed by atoms with van der Waals surface area (Å²) >= 11 is 3.31. The van der Waals surface area contributed by atoms with Crippen molar-refractivity contribution >= 4 is 15.9 Å². The van der Waals surface area contributed by atoms with Crippen LogP contribution in [0.5, 0.6) is 0 Å². The normalized spacial score (nSPS) is 10.9. The van der Waals surface area contributed by atoms with Crippen molar-refractivity contribution in [2.45, 2.75) is 6.54 Å². The maximum Gasteiger partial charge on any atom is 0.208 e. The smallest absolute Gasteiger partial charge is 0.208 e. The lowest BCUT2D eigenvalue weighted by Crippen LogP contribution is -2.18. The highest BCUT2D eigenvalue weighted by molar-refractivity contribution is 9.10. The summed E-state index contributed by atoms with van der Waals surface area (Å²) in [5.74, 6) is 0.583. The Morgan fingerprint density at radius 3 is 3.05 bits per heavy atom. The van der Waals surface area contributed by atoms with Crippen LogP contribution in [0.25, 0.3) is 11.3 Å². The van der Waals surface area contributed by atoms with Gasteiger partial charge in [-0.2, -0.15) is 0 Å². The van der Waals surface area contributed by atoms with E-state index in [9.17, 15) is 4.39 Å². The van der Waals surface area contributed by atoms with Gasteiger partial charge in [-0.25, -0.2) is 9.37 Å². The Morgan fingerprint density at radius 2 is 2.32 bits per heavy atom. The van der Waals surface area contributed by atoms with E-state index in [1.54, 1.807) is 19.2 Å². The molecule has 0 atom stereocenters. The molecular formula is C13H14BrFN2O2. The molecule has 102 valence electrons. The summed E-state index contributed by atoms with van der Waals surface area (Å²) in [6, 6.07) is 4.78. The standard InChI is InChI=1S/C13H14BrFN2O2/c1-18-6-5-16-8-12-17-7-11(19-12)13-9(14)3-2-4-10(13)15/h2-4,7,16H,5-6,8H2,1H3. The number of halogens is 2. The molecule has 2 aromatic rings. The van der Waals surface area contributed by atoms with Crippen LogP contribution in [0.3, 0.4) is 0 Å². The van der Waals surface area contributed by atoms with Gasteiger partial charge < -0.3 is 14.5 Å². The Bertz CT molecular complexity index is 525. The van der Waals surface area contributed by atoms with E-state index in [4.69, 9.17) is 9.15 Å². The predicted molar refractivity (Wildman–Crippen MR) is 73.2 cm³/mol. The zero-order valence-corrected chi connectivity index (χ0v) is 12.0. The van der Waals surface area contributed by atoms with Gasteiger partial charge in [0.2, 0.25) is 5.89 Å². The van der Waals surface area contributed by atoms with Crippen molar-refractivity contribution in [1.29, 1.82) is 0 Å². The fraction of sp³-hybridized carbons (Fsp3) is 0.308.